The largest absolute Gasteiger partial charge is 0.378 e. The van der Waals surface area contributed by atoms with Crippen LogP contribution in [0, 0.1) is 0 Å². The summed E-state index contributed by atoms with van der Waals surface area (Å²) in [5.41, 5.74) is 8.47. The molecule has 0 spiro atoms. The van der Waals surface area contributed by atoms with Crippen LogP contribution in [0.5, 0.6) is 0 Å². The van der Waals surface area contributed by atoms with E-state index in [9.17, 15) is 0 Å². The lowest BCUT2D eigenvalue weighted by Crippen LogP contribution is -2.13. The predicted octanol–water partition coefficient (Wildman–Crippen LogP) is 3.52. The molecule has 2 N–H and O–H groups in total. The molecule has 0 bridgehead atoms. The van der Waals surface area contributed by atoms with Gasteiger partial charge in [-0.15, -0.1) is 11.3 Å². The Bertz CT molecular complexity index is 508. The van der Waals surface area contributed by atoms with Crippen molar-refractivity contribution in [3.63, 3.8) is 0 Å². The Hall–Kier alpha value is -1.03. The lowest BCUT2D eigenvalue weighted by Gasteiger charge is -2.16. The molecule has 90 valence electrons. The van der Waals surface area contributed by atoms with Gasteiger partial charge in [-0.3, -0.25) is 0 Å². The molecule has 17 heavy (non-hydrogen) atoms. The lowest BCUT2D eigenvalue weighted by atomic mass is 10.1. The molecule has 0 saturated carbocycles. The zero-order valence-electron chi connectivity index (χ0n) is 9.85. The molecule has 0 radical (unpaired) electrons. The van der Waals surface area contributed by atoms with Gasteiger partial charge in [-0.25, -0.2) is 0 Å². The Labute approximate surface area is 111 Å². The summed E-state index contributed by atoms with van der Waals surface area (Å²) in [4.78, 5) is 3.08. The molecule has 1 atom stereocenters. The van der Waals surface area contributed by atoms with Crippen LogP contribution in [0.3, 0.4) is 0 Å². The number of benzene rings is 1. The zero-order chi connectivity index (χ0) is 12.4. The van der Waals surface area contributed by atoms with Crippen LogP contribution in [0.4, 0.5) is 5.69 Å². The molecule has 4 heteroatoms. The van der Waals surface area contributed by atoms with Crippen molar-refractivity contribution in [1.82, 2.24) is 0 Å². The number of nitrogens with two attached hydrogens (primary N) is 1. The molecule has 0 fully saturated rings. The van der Waals surface area contributed by atoms with E-state index in [2.05, 4.69) is 17.0 Å². The van der Waals surface area contributed by atoms with Gasteiger partial charge in [0.1, 0.15) is 0 Å². The van der Waals surface area contributed by atoms with Gasteiger partial charge in [0.25, 0.3) is 0 Å². The molecule has 2 aromatic rings. The summed E-state index contributed by atoms with van der Waals surface area (Å²) in [6.45, 7) is 0. The number of anilines is 1. The highest BCUT2D eigenvalue weighted by molar-refractivity contribution is 7.10. The minimum absolute atomic E-state index is 0.151. The smallest absolute Gasteiger partial charge is 0.0661 e. The summed E-state index contributed by atoms with van der Waals surface area (Å²) in [7, 11) is 4.03. The Morgan fingerprint density at radius 3 is 2.65 bits per heavy atom. The molecule has 1 aromatic heterocycles. The first-order valence-corrected chi connectivity index (χ1v) is 6.61. The Balaban J connectivity index is 2.34. The number of halogens is 1. The van der Waals surface area contributed by atoms with E-state index in [1.165, 1.54) is 0 Å². The summed E-state index contributed by atoms with van der Waals surface area (Å²) in [6.07, 6.45) is 0. The number of hydrogen-bond acceptors (Lipinski definition) is 3. The van der Waals surface area contributed by atoms with Crippen molar-refractivity contribution >= 4 is 28.6 Å². The third-order valence-electron chi connectivity index (χ3n) is 2.67. The first kappa shape index (κ1) is 12.4. The van der Waals surface area contributed by atoms with Crippen molar-refractivity contribution in [3.8, 4) is 0 Å². The van der Waals surface area contributed by atoms with Gasteiger partial charge < -0.3 is 10.6 Å². The second-order valence-electron chi connectivity index (χ2n) is 4.10. The second kappa shape index (κ2) is 5.08. The molecule has 0 aliphatic carbocycles. The van der Waals surface area contributed by atoms with Crippen molar-refractivity contribution in [1.29, 1.82) is 0 Å². The maximum atomic E-state index is 6.24. The van der Waals surface area contributed by atoms with Crippen molar-refractivity contribution in [2.45, 2.75) is 6.04 Å². The number of hydrogen-bond donors (Lipinski definition) is 1. The van der Waals surface area contributed by atoms with Crippen LogP contribution in [-0.4, -0.2) is 14.1 Å². The van der Waals surface area contributed by atoms with Crippen LogP contribution in [0.25, 0.3) is 0 Å². The Kier molecular flexibility index (Phi) is 3.72. The van der Waals surface area contributed by atoms with Crippen LogP contribution in [0.2, 0.25) is 5.02 Å². The first-order valence-electron chi connectivity index (χ1n) is 5.35. The molecule has 2 rings (SSSR count). The van der Waals surface area contributed by atoms with Gasteiger partial charge in [0, 0.05) is 24.7 Å². The number of rotatable bonds is 3. The average molecular weight is 267 g/mol. The molecule has 1 unspecified atom stereocenters. The molecule has 0 saturated heterocycles. The maximum absolute atomic E-state index is 6.24. The van der Waals surface area contributed by atoms with E-state index in [1.807, 2.05) is 37.7 Å². The van der Waals surface area contributed by atoms with Crippen LogP contribution in [0.15, 0.2) is 35.7 Å². The van der Waals surface area contributed by atoms with E-state index in [0.29, 0.717) is 0 Å². The molecular weight excluding hydrogens is 252 g/mol. The van der Waals surface area contributed by atoms with Gasteiger partial charge in [0.2, 0.25) is 0 Å². The molecule has 2 nitrogen and oxygen atoms in total. The van der Waals surface area contributed by atoms with Gasteiger partial charge in [-0.05, 0) is 29.1 Å². The molecule has 0 amide bonds. The van der Waals surface area contributed by atoms with Crippen molar-refractivity contribution in [3.05, 3.63) is 51.2 Å². The molecule has 1 aromatic carbocycles. The van der Waals surface area contributed by atoms with E-state index >= 15 is 0 Å². The summed E-state index contributed by atoms with van der Waals surface area (Å²) < 4.78 is 0. The highest BCUT2D eigenvalue weighted by Gasteiger charge is 2.14. The number of nitrogens with zero attached hydrogens (tertiary/aromatic N) is 1. The zero-order valence-corrected chi connectivity index (χ0v) is 11.4. The third-order valence-corrected chi connectivity index (χ3v) is 4.11. The van der Waals surface area contributed by atoms with Gasteiger partial charge in [0.05, 0.1) is 11.1 Å². The van der Waals surface area contributed by atoms with Crippen LogP contribution >= 0.6 is 22.9 Å². The number of thiophene rings is 1. The topological polar surface area (TPSA) is 29.3 Å². The fourth-order valence-electron chi connectivity index (χ4n) is 1.68. The average Bonchev–Trinajstić information content (AvgIpc) is 2.74. The SMILES string of the molecule is CN(C)c1cccc(C(N)c2sccc2Cl)c1. The quantitative estimate of drug-likeness (QED) is 0.921. The fraction of sp³-hybridized carbons (Fsp3) is 0.231. The third kappa shape index (κ3) is 2.63. The van der Waals surface area contributed by atoms with Crippen LogP contribution in [0.1, 0.15) is 16.5 Å². The molecular formula is C13H15ClN2S. The van der Waals surface area contributed by atoms with E-state index in [-0.39, 0.29) is 6.04 Å². The summed E-state index contributed by atoms with van der Waals surface area (Å²) in [5.74, 6) is 0. The molecule has 0 aliphatic rings. The fourth-order valence-corrected chi connectivity index (χ4v) is 2.88. The van der Waals surface area contributed by atoms with E-state index in [4.69, 9.17) is 17.3 Å². The van der Waals surface area contributed by atoms with Gasteiger partial charge in [0.15, 0.2) is 0 Å². The Morgan fingerprint density at radius 1 is 1.29 bits per heavy atom. The van der Waals surface area contributed by atoms with Crippen molar-refractivity contribution in [2.24, 2.45) is 5.73 Å². The maximum Gasteiger partial charge on any atom is 0.0661 e. The molecule has 1 heterocycles. The highest BCUT2D eigenvalue weighted by Crippen LogP contribution is 2.32. The van der Waals surface area contributed by atoms with Crippen molar-refractivity contribution in [2.75, 3.05) is 19.0 Å². The lowest BCUT2D eigenvalue weighted by molar-refractivity contribution is 0.892. The van der Waals surface area contributed by atoms with E-state index < -0.39 is 0 Å². The summed E-state index contributed by atoms with van der Waals surface area (Å²) >= 11 is 7.70. The van der Waals surface area contributed by atoms with Gasteiger partial charge in [-0.1, -0.05) is 23.7 Å². The van der Waals surface area contributed by atoms with Crippen molar-refractivity contribution < 1.29 is 0 Å². The predicted molar refractivity (Wildman–Crippen MR) is 76.1 cm³/mol. The van der Waals surface area contributed by atoms with E-state index in [0.717, 1.165) is 21.2 Å². The monoisotopic (exact) mass is 266 g/mol. The second-order valence-corrected chi connectivity index (χ2v) is 5.45. The van der Waals surface area contributed by atoms with Gasteiger partial charge in [-0.2, -0.15) is 0 Å². The van der Waals surface area contributed by atoms with E-state index in [1.54, 1.807) is 11.3 Å². The summed E-state index contributed by atoms with van der Waals surface area (Å²) in [5, 5.41) is 2.71. The first-order chi connectivity index (χ1) is 8.09. The summed E-state index contributed by atoms with van der Waals surface area (Å²) in [6, 6.07) is 9.95. The Morgan fingerprint density at radius 2 is 2.06 bits per heavy atom. The normalized spacial score (nSPS) is 12.5. The van der Waals surface area contributed by atoms with Crippen LogP contribution < -0.4 is 10.6 Å². The van der Waals surface area contributed by atoms with Gasteiger partial charge >= 0.3 is 0 Å². The minimum atomic E-state index is -0.151. The minimum Gasteiger partial charge on any atom is -0.378 e. The van der Waals surface area contributed by atoms with Crippen LogP contribution in [-0.2, 0) is 0 Å². The standard InChI is InChI=1S/C13H15ClN2S/c1-16(2)10-5-3-4-9(8-10)12(15)13-11(14)6-7-17-13/h3-8,12H,15H2,1-2H3. The highest BCUT2D eigenvalue weighted by atomic mass is 35.5. The molecule has 0 aliphatic heterocycles.